The maximum absolute atomic E-state index is 13.0. The van der Waals surface area contributed by atoms with Crippen LogP contribution in [0.2, 0.25) is 5.02 Å². The predicted octanol–water partition coefficient (Wildman–Crippen LogP) is 4.22. The highest BCUT2D eigenvalue weighted by Crippen LogP contribution is 2.19. The number of nitrogens with one attached hydrogen (secondary N) is 1. The van der Waals surface area contributed by atoms with Gasteiger partial charge < -0.3 is 15.0 Å². The van der Waals surface area contributed by atoms with Gasteiger partial charge in [0, 0.05) is 17.6 Å². The lowest BCUT2D eigenvalue weighted by molar-refractivity contribution is -0.142. The average molecular weight is 417 g/mol. The van der Waals surface area contributed by atoms with Gasteiger partial charge >= 0.3 is 0 Å². The predicted molar refractivity (Wildman–Crippen MR) is 116 cm³/mol. The number of carbonyl (C=O) groups is 2. The zero-order valence-electron chi connectivity index (χ0n) is 17.4. The van der Waals surface area contributed by atoms with Crippen molar-refractivity contribution in [1.29, 1.82) is 0 Å². The molecule has 29 heavy (non-hydrogen) atoms. The molecule has 0 aliphatic carbocycles. The van der Waals surface area contributed by atoms with Crippen molar-refractivity contribution in [2.45, 2.75) is 52.7 Å². The van der Waals surface area contributed by atoms with Gasteiger partial charge in [-0.3, -0.25) is 9.59 Å². The number of hydrogen-bond acceptors (Lipinski definition) is 3. The third-order valence-corrected chi connectivity index (χ3v) is 4.96. The third-order valence-electron chi connectivity index (χ3n) is 4.59. The maximum atomic E-state index is 13.0. The lowest BCUT2D eigenvalue weighted by atomic mass is 10.1. The molecule has 0 aliphatic heterocycles. The Balaban J connectivity index is 2.14. The van der Waals surface area contributed by atoms with Crippen LogP contribution < -0.4 is 10.1 Å². The molecule has 2 amide bonds. The lowest BCUT2D eigenvalue weighted by Gasteiger charge is -2.29. The minimum atomic E-state index is -0.660. The van der Waals surface area contributed by atoms with Gasteiger partial charge in [0.1, 0.15) is 11.8 Å². The Morgan fingerprint density at radius 1 is 1.07 bits per heavy atom. The third kappa shape index (κ3) is 6.79. The van der Waals surface area contributed by atoms with Gasteiger partial charge in [-0.1, -0.05) is 48.9 Å². The van der Waals surface area contributed by atoms with Crippen molar-refractivity contribution in [3.8, 4) is 5.75 Å². The van der Waals surface area contributed by atoms with Crippen molar-refractivity contribution in [2.24, 2.45) is 0 Å². The second-order valence-corrected chi connectivity index (χ2v) is 7.65. The number of amides is 2. The molecule has 1 atom stereocenters. The molecule has 2 aromatic carbocycles. The summed E-state index contributed by atoms with van der Waals surface area (Å²) in [6, 6.07) is 14.3. The van der Waals surface area contributed by atoms with Crippen LogP contribution in [0.1, 0.15) is 38.8 Å². The van der Waals surface area contributed by atoms with Gasteiger partial charge in [0.15, 0.2) is 6.61 Å². The fourth-order valence-corrected chi connectivity index (χ4v) is 3.04. The Kier molecular flexibility index (Phi) is 8.52. The van der Waals surface area contributed by atoms with Crippen molar-refractivity contribution >= 4 is 23.4 Å². The van der Waals surface area contributed by atoms with E-state index in [1.54, 1.807) is 13.0 Å². The van der Waals surface area contributed by atoms with Crippen molar-refractivity contribution in [3.63, 3.8) is 0 Å². The van der Waals surface area contributed by atoms with Crippen LogP contribution in [0.3, 0.4) is 0 Å². The average Bonchev–Trinajstić information content (AvgIpc) is 2.70. The second-order valence-electron chi connectivity index (χ2n) is 7.24. The minimum absolute atomic E-state index is 0.0180. The molecule has 0 saturated carbocycles. The molecule has 0 heterocycles. The highest BCUT2D eigenvalue weighted by Gasteiger charge is 2.27. The molecule has 0 aliphatic rings. The highest BCUT2D eigenvalue weighted by atomic mass is 35.5. The molecule has 0 aromatic heterocycles. The first kappa shape index (κ1) is 22.8. The summed E-state index contributed by atoms with van der Waals surface area (Å²) < 4.78 is 5.67. The quantitative estimate of drug-likeness (QED) is 0.665. The van der Waals surface area contributed by atoms with E-state index in [1.165, 1.54) is 10.5 Å². The van der Waals surface area contributed by atoms with E-state index in [-0.39, 0.29) is 31.0 Å². The van der Waals surface area contributed by atoms with Gasteiger partial charge in [0.05, 0.1) is 0 Å². The molecule has 0 fully saturated rings. The van der Waals surface area contributed by atoms with Crippen molar-refractivity contribution in [1.82, 2.24) is 10.2 Å². The Bertz CT molecular complexity index is 821. The fraction of sp³-hybridized carbons (Fsp3) is 0.391. The van der Waals surface area contributed by atoms with Crippen molar-refractivity contribution in [3.05, 3.63) is 64.7 Å². The number of halogens is 1. The SMILES string of the molecule is CCc1ccc(OCC(=O)N(Cc2ccccc2Cl)C(C)C(=O)NC(C)C)cc1. The van der Waals surface area contributed by atoms with Crippen LogP contribution >= 0.6 is 11.6 Å². The first-order chi connectivity index (χ1) is 13.8. The number of nitrogens with zero attached hydrogens (tertiary/aromatic N) is 1. The molecule has 1 unspecified atom stereocenters. The van der Waals surface area contributed by atoms with Crippen LogP contribution in [0.25, 0.3) is 0 Å². The molecule has 156 valence electrons. The van der Waals surface area contributed by atoms with E-state index in [9.17, 15) is 9.59 Å². The monoisotopic (exact) mass is 416 g/mol. The number of rotatable bonds is 9. The zero-order valence-corrected chi connectivity index (χ0v) is 18.2. The largest absolute Gasteiger partial charge is 0.484 e. The number of aryl methyl sites for hydroxylation is 1. The molecule has 2 rings (SSSR count). The van der Waals surface area contributed by atoms with E-state index >= 15 is 0 Å². The molecule has 0 saturated heterocycles. The van der Waals surface area contributed by atoms with E-state index in [4.69, 9.17) is 16.3 Å². The van der Waals surface area contributed by atoms with Gasteiger partial charge in [-0.2, -0.15) is 0 Å². The normalized spacial score (nSPS) is 11.8. The first-order valence-corrected chi connectivity index (χ1v) is 10.2. The summed E-state index contributed by atoms with van der Waals surface area (Å²) in [6.07, 6.45) is 0.938. The summed E-state index contributed by atoms with van der Waals surface area (Å²) in [6.45, 7) is 7.62. The minimum Gasteiger partial charge on any atom is -0.484 e. The molecule has 5 nitrogen and oxygen atoms in total. The van der Waals surface area contributed by atoms with Crippen LogP contribution in [-0.4, -0.2) is 35.4 Å². The Labute approximate surface area is 178 Å². The van der Waals surface area contributed by atoms with E-state index in [1.807, 2.05) is 56.3 Å². The van der Waals surface area contributed by atoms with E-state index < -0.39 is 6.04 Å². The number of benzene rings is 2. The zero-order chi connectivity index (χ0) is 21.4. The van der Waals surface area contributed by atoms with Gasteiger partial charge in [-0.05, 0) is 56.5 Å². The van der Waals surface area contributed by atoms with Crippen molar-refractivity contribution in [2.75, 3.05) is 6.61 Å². The molecular formula is C23H29ClN2O3. The number of ether oxygens (including phenoxy) is 1. The highest BCUT2D eigenvalue weighted by molar-refractivity contribution is 6.31. The fourth-order valence-electron chi connectivity index (χ4n) is 2.85. The number of hydrogen-bond donors (Lipinski definition) is 1. The van der Waals surface area contributed by atoms with Crippen LogP contribution in [0, 0.1) is 0 Å². The summed E-state index contributed by atoms with van der Waals surface area (Å²) >= 11 is 6.27. The van der Waals surface area contributed by atoms with Crippen LogP contribution in [0.5, 0.6) is 5.75 Å². The smallest absolute Gasteiger partial charge is 0.261 e. The van der Waals surface area contributed by atoms with Gasteiger partial charge in [-0.15, -0.1) is 0 Å². The Morgan fingerprint density at radius 3 is 2.31 bits per heavy atom. The summed E-state index contributed by atoms with van der Waals surface area (Å²) in [4.78, 5) is 27.0. The van der Waals surface area contributed by atoms with Crippen LogP contribution in [-0.2, 0) is 22.6 Å². The topological polar surface area (TPSA) is 58.6 Å². The van der Waals surface area contributed by atoms with E-state index in [2.05, 4.69) is 12.2 Å². The summed E-state index contributed by atoms with van der Waals surface area (Å²) in [5.74, 6) is 0.121. The van der Waals surface area contributed by atoms with Crippen molar-refractivity contribution < 1.29 is 14.3 Å². The second kappa shape index (κ2) is 10.9. The summed E-state index contributed by atoms with van der Waals surface area (Å²) in [7, 11) is 0. The standard InChI is InChI=1S/C23H29ClN2O3/c1-5-18-10-12-20(13-11-18)29-15-22(27)26(17(4)23(28)25-16(2)3)14-19-8-6-7-9-21(19)24/h6-13,16-17H,5,14-15H2,1-4H3,(H,25,28). The summed E-state index contributed by atoms with van der Waals surface area (Å²) in [5, 5.41) is 3.41. The van der Waals surface area contributed by atoms with Crippen LogP contribution in [0.15, 0.2) is 48.5 Å². The van der Waals surface area contributed by atoms with E-state index in [0.717, 1.165) is 12.0 Å². The van der Waals surface area contributed by atoms with Gasteiger partial charge in [0.25, 0.3) is 5.91 Å². The van der Waals surface area contributed by atoms with Gasteiger partial charge in [0.2, 0.25) is 5.91 Å². The molecule has 0 spiro atoms. The molecule has 6 heteroatoms. The van der Waals surface area contributed by atoms with Gasteiger partial charge in [-0.25, -0.2) is 0 Å². The van der Waals surface area contributed by atoms with Crippen LogP contribution in [0.4, 0.5) is 0 Å². The maximum Gasteiger partial charge on any atom is 0.261 e. The first-order valence-electron chi connectivity index (χ1n) is 9.86. The number of carbonyl (C=O) groups excluding carboxylic acids is 2. The van der Waals surface area contributed by atoms with E-state index in [0.29, 0.717) is 10.8 Å². The molecule has 0 radical (unpaired) electrons. The molecule has 2 aromatic rings. The lowest BCUT2D eigenvalue weighted by Crippen LogP contribution is -2.50. The Hall–Kier alpha value is -2.53. The summed E-state index contributed by atoms with van der Waals surface area (Å²) in [5.41, 5.74) is 1.97. The molecule has 1 N–H and O–H groups in total. The molecular weight excluding hydrogens is 388 g/mol. The molecule has 0 bridgehead atoms. The Morgan fingerprint density at radius 2 is 1.72 bits per heavy atom.